The fraction of sp³-hybridized carbons (Fsp3) is 0.312. The first-order valence-electron chi connectivity index (χ1n) is 6.93. The van der Waals surface area contributed by atoms with E-state index in [0.717, 1.165) is 17.6 Å². The quantitative estimate of drug-likeness (QED) is 0.810. The van der Waals surface area contributed by atoms with Gasteiger partial charge in [0.2, 0.25) is 5.91 Å². The number of hydrogen-bond acceptors (Lipinski definition) is 3. The standard InChI is InChI=1S/C16H19BrN2OS/c1-2-19(11-13-5-3-6-14(17)9-13)12-16(20)18-10-15-7-4-8-21-15/h3-9H,2,10-12H2,1H3,(H,18,20). The number of carbonyl (C=O) groups excluding carboxylic acids is 1. The van der Waals surface area contributed by atoms with E-state index in [4.69, 9.17) is 0 Å². The van der Waals surface area contributed by atoms with Crippen LogP contribution in [0.3, 0.4) is 0 Å². The highest BCUT2D eigenvalue weighted by Crippen LogP contribution is 2.13. The van der Waals surface area contributed by atoms with E-state index in [2.05, 4.69) is 45.2 Å². The highest BCUT2D eigenvalue weighted by molar-refractivity contribution is 9.10. The molecule has 1 aromatic heterocycles. The predicted molar refractivity (Wildman–Crippen MR) is 91.3 cm³/mol. The number of nitrogens with one attached hydrogen (secondary N) is 1. The molecule has 21 heavy (non-hydrogen) atoms. The molecule has 0 atom stereocenters. The molecule has 1 aromatic carbocycles. The minimum atomic E-state index is 0.0697. The molecule has 0 saturated heterocycles. The van der Waals surface area contributed by atoms with Crippen LogP contribution >= 0.6 is 27.3 Å². The van der Waals surface area contributed by atoms with Crippen molar-refractivity contribution in [2.45, 2.75) is 20.0 Å². The molecule has 0 aliphatic heterocycles. The van der Waals surface area contributed by atoms with Crippen LogP contribution in [0.1, 0.15) is 17.4 Å². The summed E-state index contributed by atoms with van der Waals surface area (Å²) in [6.07, 6.45) is 0. The Morgan fingerprint density at radius 3 is 2.86 bits per heavy atom. The second kappa shape index (κ2) is 8.32. The predicted octanol–water partition coefficient (Wildman–Crippen LogP) is 3.65. The number of halogens is 1. The van der Waals surface area contributed by atoms with Gasteiger partial charge >= 0.3 is 0 Å². The summed E-state index contributed by atoms with van der Waals surface area (Å²) in [4.78, 5) is 15.3. The van der Waals surface area contributed by atoms with E-state index in [0.29, 0.717) is 13.1 Å². The van der Waals surface area contributed by atoms with Gasteiger partial charge in [-0.15, -0.1) is 11.3 Å². The summed E-state index contributed by atoms with van der Waals surface area (Å²) in [6, 6.07) is 12.2. The average molecular weight is 367 g/mol. The molecule has 2 aromatic rings. The van der Waals surface area contributed by atoms with E-state index in [1.54, 1.807) is 11.3 Å². The maximum atomic E-state index is 12.0. The average Bonchev–Trinajstić information content (AvgIpc) is 2.98. The van der Waals surface area contributed by atoms with E-state index < -0.39 is 0 Å². The molecule has 0 spiro atoms. The summed E-state index contributed by atoms with van der Waals surface area (Å²) in [5, 5.41) is 4.99. The molecule has 5 heteroatoms. The molecular weight excluding hydrogens is 348 g/mol. The van der Waals surface area contributed by atoms with Crippen LogP contribution in [0.5, 0.6) is 0 Å². The van der Waals surface area contributed by atoms with E-state index in [9.17, 15) is 4.79 Å². The van der Waals surface area contributed by atoms with Crippen LogP contribution in [-0.4, -0.2) is 23.9 Å². The monoisotopic (exact) mass is 366 g/mol. The largest absolute Gasteiger partial charge is 0.350 e. The molecule has 0 fully saturated rings. The molecule has 0 saturated carbocycles. The number of likely N-dealkylation sites (N-methyl/N-ethyl adjacent to an activating group) is 1. The lowest BCUT2D eigenvalue weighted by molar-refractivity contribution is -0.122. The molecule has 1 N–H and O–H groups in total. The molecule has 0 bridgehead atoms. The Labute approximate surface area is 138 Å². The lowest BCUT2D eigenvalue weighted by Gasteiger charge is -2.20. The number of nitrogens with zero attached hydrogens (tertiary/aromatic N) is 1. The van der Waals surface area contributed by atoms with Crippen molar-refractivity contribution in [1.82, 2.24) is 10.2 Å². The van der Waals surface area contributed by atoms with Crippen LogP contribution in [0.15, 0.2) is 46.3 Å². The number of rotatable bonds is 7. The van der Waals surface area contributed by atoms with Crippen molar-refractivity contribution >= 4 is 33.2 Å². The van der Waals surface area contributed by atoms with Gasteiger partial charge in [-0.3, -0.25) is 9.69 Å². The van der Waals surface area contributed by atoms with Crippen molar-refractivity contribution in [3.63, 3.8) is 0 Å². The van der Waals surface area contributed by atoms with Crippen LogP contribution < -0.4 is 5.32 Å². The summed E-state index contributed by atoms with van der Waals surface area (Å²) in [6.45, 7) is 4.74. The van der Waals surface area contributed by atoms with Gasteiger partial charge in [-0.2, -0.15) is 0 Å². The van der Waals surface area contributed by atoms with Gasteiger partial charge in [-0.05, 0) is 35.7 Å². The molecule has 1 amide bonds. The zero-order valence-electron chi connectivity index (χ0n) is 12.0. The molecule has 0 aliphatic rings. The van der Waals surface area contributed by atoms with Gasteiger partial charge in [0.1, 0.15) is 0 Å². The van der Waals surface area contributed by atoms with E-state index in [-0.39, 0.29) is 5.91 Å². The number of carbonyl (C=O) groups is 1. The molecule has 3 nitrogen and oxygen atoms in total. The van der Waals surface area contributed by atoms with Crippen molar-refractivity contribution < 1.29 is 4.79 Å². The zero-order valence-corrected chi connectivity index (χ0v) is 14.4. The third-order valence-electron chi connectivity index (χ3n) is 3.15. The van der Waals surface area contributed by atoms with Crippen LogP contribution in [0.25, 0.3) is 0 Å². The Kier molecular flexibility index (Phi) is 6.42. The summed E-state index contributed by atoms with van der Waals surface area (Å²) in [7, 11) is 0. The van der Waals surface area contributed by atoms with Crippen molar-refractivity contribution in [3.05, 3.63) is 56.7 Å². The van der Waals surface area contributed by atoms with Crippen molar-refractivity contribution in [1.29, 1.82) is 0 Å². The van der Waals surface area contributed by atoms with E-state index in [1.165, 1.54) is 10.4 Å². The molecule has 0 unspecified atom stereocenters. The SMILES string of the molecule is CCN(CC(=O)NCc1cccs1)Cc1cccc(Br)c1. The summed E-state index contributed by atoms with van der Waals surface area (Å²) in [5.41, 5.74) is 1.21. The number of benzene rings is 1. The molecule has 1 heterocycles. The van der Waals surface area contributed by atoms with Crippen molar-refractivity contribution in [3.8, 4) is 0 Å². The lowest BCUT2D eigenvalue weighted by Crippen LogP contribution is -2.36. The Hall–Kier alpha value is -1.17. The third-order valence-corrected chi connectivity index (χ3v) is 4.52. The molecular formula is C16H19BrN2OS. The van der Waals surface area contributed by atoms with Crippen LogP contribution in [-0.2, 0) is 17.9 Å². The van der Waals surface area contributed by atoms with Gasteiger partial charge in [-0.1, -0.05) is 41.1 Å². The molecule has 0 radical (unpaired) electrons. The Balaban J connectivity index is 1.82. The fourth-order valence-corrected chi connectivity index (χ4v) is 3.12. The number of hydrogen-bond donors (Lipinski definition) is 1. The first-order valence-corrected chi connectivity index (χ1v) is 8.60. The Bertz CT molecular complexity index is 571. The Morgan fingerprint density at radius 2 is 2.19 bits per heavy atom. The van der Waals surface area contributed by atoms with E-state index in [1.807, 2.05) is 29.6 Å². The maximum absolute atomic E-state index is 12.0. The normalized spacial score (nSPS) is 10.8. The van der Waals surface area contributed by atoms with E-state index >= 15 is 0 Å². The third kappa shape index (κ3) is 5.61. The first-order chi connectivity index (χ1) is 10.2. The van der Waals surface area contributed by atoms with Gasteiger partial charge in [0.25, 0.3) is 0 Å². The van der Waals surface area contributed by atoms with Gasteiger partial charge < -0.3 is 5.32 Å². The van der Waals surface area contributed by atoms with Gasteiger partial charge in [0.15, 0.2) is 0 Å². The summed E-state index contributed by atoms with van der Waals surface area (Å²) < 4.78 is 1.07. The maximum Gasteiger partial charge on any atom is 0.234 e. The van der Waals surface area contributed by atoms with Crippen molar-refractivity contribution in [2.75, 3.05) is 13.1 Å². The number of amides is 1. The van der Waals surface area contributed by atoms with Gasteiger partial charge in [0, 0.05) is 15.9 Å². The highest BCUT2D eigenvalue weighted by Gasteiger charge is 2.10. The second-order valence-corrected chi connectivity index (χ2v) is 6.74. The van der Waals surface area contributed by atoms with Gasteiger partial charge in [-0.25, -0.2) is 0 Å². The molecule has 2 rings (SSSR count). The smallest absolute Gasteiger partial charge is 0.234 e. The topological polar surface area (TPSA) is 32.3 Å². The van der Waals surface area contributed by atoms with Crippen LogP contribution in [0.4, 0.5) is 0 Å². The molecule has 0 aliphatic carbocycles. The van der Waals surface area contributed by atoms with Crippen LogP contribution in [0, 0.1) is 0 Å². The zero-order chi connectivity index (χ0) is 15.1. The summed E-state index contributed by atoms with van der Waals surface area (Å²) >= 11 is 5.14. The Morgan fingerprint density at radius 1 is 1.33 bits per heavy atom. The second-order valence-electron chi connectivity index (χ2n) is 4.79. The number of thiophene rings is 1. The lowest BCUT2D eigenvalue weighted by atomic mass is 10.2. The highest BCUT2D eigenvalue weighted by atomic mass is 79.9. The van der Waals surface area contributed by atoms with Crippen LogP contribution in [0.2, 0.25) is 0 Å². The van der Waals surface area contributed by atoms with Crippen molar-refractivity contribution in [2.24, 2.45) is 0 Å². The molecule has 112 valence electrons. The first kappa shape index (κ1) is 16.2. The fourth-order valence-electron chi connectivity index (χ4n) is 2.03. The minimum absolute atomic E-state index is 0.0697. The van der Waals surface area contributed by atoms with Gasteiger partial charge in [0.05, 0.1) is 13.1 Å². The summed E-state index contributed by atoms with van der Waals surface area (Å²) in [5.74, 6) is 0.0697. The minimum Gasteiger partial charge on any atom is -0.350 e.